The summed E-state index contributed by atoms with van der Waals surface area (Å²) in [5, 5.41) is 1.24. The topological polar surface area (TPSA) is 48.6 Å². The number of hydrogen-bond acceptors (Lipinski definition) is 3. The highest BCUT2D eigenvalue weighted by Gasteiger charge is 2.25. The normalized spacial score (nSPS) is 15.2. The molecule has 156 valence electrons. The number of methoxy groups -OCH3 is 1. The van der Waals surface area contributed by atoms with Crippen LogP contribution in [0.25, 0.3) is 10.9 Å². The highest BCUT2D eigenvalue weighted by Crippen LogP contribution is 2.34. The van der Waals surface area contributed by atoms with E-state index in [1.165, 1.54) is 10.9 Å². The van der Waals surface area contributed by atoms with Crippen LogP contribution in [0.4, 0.5) is 5.69 Å². The van der Waals surface area contributed by atoms with Gasteiger partial charge in [-0.3, -0.25) is 9.69 Å². The summed E-state index contributed by atoms with van der Waals surface area (Å²) >= 11 is 0. The molecule has 0 unspecified atom stereocenters. The van der Waals surface area contributed by atoms with Gasteiger partial charge in [-0.2, -0.15) is 0 Å². The van der Waals surface area contributed by atoms with E-state index in [1.807, 2.05) is 41.3 Å². The first-order chi connectivity index (χ1) is 14.7. The first kappa shape index (κ1) is 20.2. The van der Waals surface area contributed by atoms with Gasteiger partial charge in [0.2, 0.25) is 5.91 Å². The quantitative estimate of drug-likeness (QED) is 0.588. The Bertz CT molecular complexity index is 1000. The van der Waals surface area contributed by atoms with Gasteiger partial charge in [0.15, 0.2) is 0 Å². The van der Waals surface area contributed by atoms with Gasteiger partial charge in [0.1, 0.15) is 5.75 Å². The summed E-state index contributed by atoms with van der Waals surface area (Å²) in [6.45, 7) is 6.62. The third-order valence-electron chi connectivity index (χ3n) is 5.99. The van der Waals surface area contributed by atoms with Crippen LogP contribution in [0.15, 0.2) is 67.4 Å². The Morgan fingerprint density at radius 2 is 2.00 bits per heavy atom. The lowest BCUT2D eigenvalue weighted by Gasteiger charge is -2.33. The standard InChI is InChI=1S/C25H29N3O2/c1-3-13-28(20-7-5-4-6-8-20)25(29)18-27-14-11-19(12-15-27)23-17-26-24-10-9-21(30-2)16-22(23)24/h3-10,16-17,19,26H,1,11-15,18H2,2H3. The zero-order valence-corrected chi connectivity index (χ0v) is 17.5. The Labute approximate surface area is 177 Å². The fourth-order valence-corrected chi connectivity index (χ4v) is 4.35. The fourth-order valence-electron chi connectivity index (χ4n) is 4.35. The molecule has 0 aliphatic carbocycles. The number of aromatic nitrogens is 1. The number of benzene rings is 2. The SMILES string of the molecule is C=CCN(C(=O)CN1CCC(c2c[nH]c3ccc(OC)cc23)CC1)c1ccccc1. The number of anilines is 1. The number of amides is 1. The molecule has 0 bridgehead atoms. The molecule has 1 fully saturated rings. The van der Waals surface area contributed by atoms with E-state index in [0.29, 0.717) is 19.0 Å². The molecular weight excluding hydrogens is 374 g/mol. The van der Waals surface area contributed by atoms with Gasteiger partial charge >= 0.3 is 0 Å². The van der Waals surface area contributed by atoms with Crippen molar-refractivity contribution in [2.75, 3.05) is 38.2 Å². The Balaban J connectivity index is 1.40. The number of aromatic amines is 1. The van der Waals surface area contributed by atoms with E-state index in [2.05, 4.69) is 34.8 Å². The predicted octanol–water partition coefficient (Wildman–Crippen LogP) is 4.58. The molecule has 1 aliphatic heterocycles. The molecule has 30 heavy (non-hydrogen) atoms. The number of ether oxygens (including phenoxy) is 1. The molecule has 0 radical (unpaired) electrons. The lowest BCUT2D eigenvalue weighted by Crippen LogP contribution is -2.43. The van der Waals surface area contributed by atoms with Crippen LogP contribution >= 0.6 is 0 Å². The number of rotatable bonds is 7. The monoisotopic (exact) mass is 403 g/mol. The number of nitrogens with one attached hydrogen (secondary N) is 1. The van der Waals surface area contributed by atoms with E-state index in [9.17, 15) is 4.79 Å². The average Bonchev–Trinajstić information content (AvgIpc) is 3.21. The molecular formula is C25H29N3O2. The van der Waals surface area contributed by atoms with Crippen LogP contribution < -0.4 is 9.64 Å². The molecule has 1 aliphatic rings. The lowest BCUT2D eigenvalue weighted by atomic mass is 9.89. The molecule has 5 heteroatoms. The van der Waals surface area contributed by atoms with Crippen molar-refractivity contribution in [1.82, 2.24) is 9.88 Å². The van der Waals surface area contributed by atoms with E-state index < -0.39 is 0 Å². The third-order valence-corrected chi connectivity index (χ3v) is 5.99. The summed E-state index contributed by atoms with van der Waals surface area (Å²) in [6.07, 6.45) is 6.01. The van der Waals surface area contributed by atoms with Crippen LogP contribution in [0.5, 0.6) is 5.75 Å². The minimum absolute atomic E-state index is 0.122. The number of H-pyrrole nitrogens is 1. The van der Waals surface area contributed by atoms with Crippen molar-refractivity contribution in [1.29, 1.82) is 0 Å². The zero-order chi connectivity index (χ0) is 20.9. The molecule has 0 saturated carbocycles. The minimum atomic E-state index is 0.122. The van der Waals surface area contributed by atoms with Crippen molar-refractivity contribution in [2.45, 2.75) is 18.8 Å². The Morgan fingerprint density at radius 1 is 1.23 bits per heavy atom. The maximum atomic E-state index is 13.0. The summed E-state index contributed by atoms with van der Waals surface area (Å²) in [6, 6.07) is 16.0. The highest BCUT2D eigenvalue weighted by atomic mass is 16.5. The van der Waals surface area contributed by atoms with Gasteiger partial charge in [-0.25, -0.2) is 0 Å². The second kappa shape index (κ2) is 9.18. The van der Waals surface area contributed by atoms with Crippen molar-refractivity contribution < 1.29 is 9.53 Å². The van der Waals surface area contributed by atoms with Crippen molar-refractivity contribution in [3.05, 3.63) is 72.9 Å². The molecule has 1 N–H and O–H groups in total. The van der Waals surface area contributed by atoms with Crippen LogP contribution in [-0.2, 0) is 4.79 Å². The van der Waals surface area contributed by atoms with Gasteiger partial charge in [-0.1, -0.05) is 24.3 Å². The van der Waals surface area contributed by atoms with Crippen molar-refractivity contribution in [3.63, 3.8) is 0 Å². The number of hydrogen-bond donors (Lipinski definition) is 1. The number of fused-ring (bicyclic) bond motifs is 1. The van der Waals surface area contributed by atoms with Crippen LogP contribution in [0.2, 0.25) is 0 Å². The smallest absolute Gasteiger partial charge is 0.241 e. The van der Waals surface area contributed by atoms with E-state index in [-0.39, 0.29) is 5.91 Å². The van der Waals surface area contributed by atoms with Crippen molar-refractivity contribution in [2.24, 2.45) is 0 Å². The second-order valence-electron chi connectivity index (χ2n) is 7.83. The maximum Gasteiger partial charge on any atom is 0.241 e. The third kappa shape index (κ3) is 4.26. The Morgan fingerprint density at radius 3 is 2.70 bits per heavy atom. The number of piperidine rings is 1. The van der Waals surface area contributed by atoms with Crippen molar-refractivity contribution >= 4 is 22.5 Å². The molecule has 1 amide bonds. The molecule has 3 aromatic rings. The van der Waals surface area contributed by atoms with E-state index in [0.717, 1.165) is 42.9 Å². The number of para-hydroxylation sites is 1. The largest absolute Gasteiger partial charge is 0.497 e. The number of carbonyl (C=O) groups excluding carboxylic acids is 1. The van der Waals surface area contributed by atoms with Crippen LogP contribution in [-0.4, -0.2) is 49.1 Å². The van der Waals surface area contributed by atoms with E-state index >= 15 is 0 Å². The molecule has 2 heterocycles. The minimum Gasteiger partial charge on any atom is -0.497 e. The molecule has 5 nitrogen and oxygen atoms in total. The van der Waals surface area contributed by atoms with E-state index in [1.54, 1.807) is 13.2 Å². The Hall–Kier alpha value is -3.05. The number of carbonyl (C=O) groups is 1. The van der Waals surface area contributed by atoms with Gasteiger partial charge in [-0.15, -0.1) is 6.58 Å². The number of likely N-dealkylation sites (tertiary alicyclic amines) is 1. The molecule has 1 saturated heterocycles. The molecule has 1 aromatic heterocycles. The molecule has 4 rings (SSSR count). The summed E-state index contributed by atoms with van der Waals surface area (Å²) in [7, 11) is 1.70. The van der Waals surface area contributed by atoms with Crippen LogP contribution in [0, 0.1) is 0 Å². The summed E-state index contributed by atoms with van der Waals surface area (Å²) in [4.78, 5) is 20.4. The van der Waals surface area contributed by atoms with Gasteiger partial charge in [0.25, 0.3) is 0 Å². The zero-order valence-electron chi connectivity index (χ0n) is 17.5. The van der Waals surface area contributed by atoms with Gasteiger partial charge in [-0.05, 0) is 67.7 Å². The van der Waals surface area contributed by atoms with E-state index in [4.69, 9.17) is 4.74 Å². The lowest BCUT2D eigenvalue weighted by molar-refractivity contribution is -0.119. The summed E-state index contributed by atoms with van der Waals surface area (Å²) in [5.74, 6) is 1.50. The first-order valence-electron chi connectivity index (χ1n) is 10.5. The van der Waals surface area contributed by atoms with Crippen molar-refractivity contribution in [3.8, 4) is 5.75 Å². The van der Waals surface area contributed by atoms with Gasteiger partial charge in [0.05, 0.1) is 13.7 Å². The predicted molar refractivity (Wildman–Crippen MR) is 122 cm³/mol. The summed E-state index contributed by atoms with van der Waals surface area (Å²) < 4.78 is 5.40. The molecule has 2 aromatic carbocycles. The first-order valence-corrected chi connectivity index (χ1v) is 10.5. The Kier molecular flexibility index (Phi) is 6.19. The van der Waals surface area contributed by atoms with Crippen LogP contribution in [0.1, 0.15) is 24.3 Å². The highest BCUT2D eigenvalue weighted by molar-refractivity contribution is 5.95. The summed E-state index contributed by atoms with van der Waals surface area (Å²) in [5.41, 5.74) is 3.42. The molecule has 0 spiro atoms. The van der Waals surface area contributed by atoms with Gasteiger partial charge in [0, 0.05) is 29.3 Å². The fraction of sp³-hybridized carbons (Fsp3) is 0.320. The molecule has 0 atom stereocenters. The van der Waals surface area contributed by atoms with Crippen LogP contribution in [0.3, 0.4) is 0 Å². The maximum absolute atomic E-state index is 13.0. The number of nitrogens with zero attached hydrogens (tertiary/aromatic N) is 2. The average molecular weight is 404 g/mol. The second-order valence-corrected chi connectivity index (χ2v) is 7.83. The van der Waals surface area contributed by atoms with Gasteiger partial charge < -0.3 is 14.6 Å².